The van der Waals surface area contributed by atoms with E-state index in [2.05, 4.69) is 18.8 Å². The predicted octanol–water partition coefficient (Wildman–Crippen LogP) is 4.25. The van der Waals surface area contributed by atoms with E-state index >= 15 is 0 Å². The summed E-state index contributed by atoms with van der Waals surface area (Å²) in [4.78, 5) is 18.9. The molecule has 0 bridgehead atoms. The molecule has 102 valence electrons. The smallest absolute Gasteiger partial charge is 0.348 e. The van der Waals surface area contributed by atoms with E-state index in [0.29, 0.717) is 17.4 Å². The number of hydrogen-bond acceptors (Lipinski definition) is 5. The van der Waals surface area contributed by atoms with Gasteiger partial charge in [0, 0.05) is 17.5 Å². The Hall–Kier alpha value is -1.20. The Balaban J connectivity index is 2.14. The quantitative estimate of drug-likeness (QED) is 0.774. The highest BCUT2D eigenvalue weighted by atomic mass is 32.1. The number of rotatable bonds is 5. The maximum absolute atomic E-state index is 11.6. The third-order valence-electron chi connectivity index (χ3n) is 2.46. The van der Waals surface area contributed by atoms with Gasteiger partial charge >= 0.3 is 5.97 Å². The second-order valence-electron chi connectivity index (χ2n) is 4.60. The normalized spacial score (nSPS) is 10.9. The van der Waals surface area contributed by atoms with Crippen LogP contribution in [0, 0.1) is 5.92 Å². The van der Waals surface area contributed by atoms with E-state index in [1.807, 2.05) is 25.3 Å². The van der Waals surface area contributed by atoms with Gasteiger partial charge in [0.05, 0.1) is 16.5 Å². The summed E-state index contributed by atoms with van der Waals surface area (Å²) >= 11 is 3.16. The number of nitrogens with zero attached hydrogens (tertiary/aromatic N) is 1. The third kappa shape index (κ3) is 3.64. The maximum Gasteiger partial charge on any atom is 0.348 e. The van der Waals surface area contributed by atoms with Gasteiger partial charge in [-0.1, -0.05) is 13.8 Å². The minimum Gasteiger partial charge on any atom is -0.462 e. The molecule has 0 fully saturated rings. The van der Waals surface area contributed by atoms with Crippen LogP contribution in [-0.2, 0) is 11.2 Å². The minimum atomic E-state index is -0.245. The van der Waals surface area contributed by atoms with E-state index in [1.54, 1.807) is 11.3 Å². The molecule has 0 aliphatic rings. The van der Waals surface area contributed by atoms with Crippen LogP contribution in [0.1, 0.15) is 35.5 Å². The highest BCUT2D eigenvalue weighted by Crippen LogP contribution is 2.33. The lowest BCUT2D eigenvalue weighted by atomic mass is 10.1. The first kappa shape index (κ1) is 14.2. The van der Waals surface area contributed by atoms with Crippen LogP contribution in [0.25, 0.3) is 9.75 Å². The number of ether oxygens (including phenoxy) is 1. The van der Waals surface area contributed by atoms with Gasteiger partial charge in [-0.2, -0.15) is 0 Å². The lowest BCUT2D eigenvalue weighted by molar-refractivity contribution is 0.0532. The molecule has 5 heteroatoms. The SMILES string of the molecule is CCOC(=O)c1ccc(-c2cnc(CC(C)C)s2)s1. The zero-order chi connectivity index (χ0) is 13.8. The summed E-state index contributed by atoms with van der Waals surface area (Å²) in [6, 6.07) is 3.78. The summed E-state index contributed by atoms with van der Waals surface area (Å²) in [5, 5.41) is 1.15. The van der Waals surface area contributed by atoms with Crippen LogP contribution in [0.15, 0.2) is 18.3 Å². The average molecular weight is 295 g/mol. The van der Waals surface area contributed by atoms with E-state index in [1.165, 1.54) is 11.3 Å². The van der Waals surface area contributed by atoms with Crippen molar-refractivity contribution in [1.29, 1.82) is 0 Å². The van der Waals surface area contributed by atoms with Crippen LogP contribution in [-0.4, -0.2) is 17.6 Å². The number of esters is 1. The molecule has 0 saturated heterocycles. The summed E-state index contributed by atoms with van der Waals surface area (Å²) in [5.41, 5.74) is 0. The van der Waals surface area contributed by atoms with Gasteiger partial charge in [0.2, 0.25) is 0 Å². The summed E-state index contributed by atoms with van der Waals surface area (Å²) < 4.78 is 4.99. The van der Waals surface area contributed by atoms with Crippen LogP contribution in [0.4, 0.5) is 0 Å². The van der Waals surface area contributed by atoms with E-state index in [9.17, 15) is 4.79 Å². The number of aromatic nitrogens is 1. The molecule has 2 aromatic heterocycles. The summed E-state index contributed by atoms with van der Waals surface area (Å²) in [5.74, 6) is 0.364. The summed E-state index contributed by atoms with van der Waals surface area (Å²) in [7, 11) is 0. The Labute approximate surface area is 121 Å². The van der Waals surface area contributed by atoms with Gasteiger partial charge in [-0.3, -0.25) is 0 Å². The topological polar surface area (TPSA) is 39.2 Å². The van der Waals surface area contributed by atoms with Gasteiger partial charge in [-0.25, -0.2) is 9.78 Å². The molecule has 0 unspecified atom stereocenters. The zero-order valence-corrected chi connectivity index (χ0v) is 12.9. The van der Waals surface area contributed by atoms with Crippen LogP contribution in [0.3, 0.4) is 0 Å². The fourth-order valence-electron chi connectivity index (χ4n) is 1.65. The van der Waals surface area contributed by atoms with Crippen molar-refractivity contribution in [2.24, 2.45) is 5.92 Å². The van der Waals surface area contributed by atoms with Crippen molar-refractivity contribution in [3.05, 3.63) is 28.2 Å². The molecule has 2 heterocycles. The first-order valence-electron chi connectivity index (χ1n) is 6.32. The predicted molar refractivity (Wildman–Crippen MR) is 79.9 cm³/mol. The summed E-state index contributed by atoms with van der Waals surface area (Å²) in [6.45, 7) is 6.59. The van der Waals surface area contributed by atoms with Crippen LogP contribution in [0.2, 0.25) is 0 Å². The number of hydrogen-bond donors (Lipinski definition) is 0. The highest BCUT2D eigenvalue weighted by Gasteiger charge is 2.13. The number of carbonyl (C=O) groups is 1. The van der Waals surface area contributed by atoms with Crippen molar-refractivity contribution >= 4 is 28.6 Å². The molecule has 0 amide bonds. The van der Waals surface area contributed by atoms with Gasteiger partial charge in [0.1, 0.15) is 4.88 Å². The molecule has 0 aliphatic carbocycles. The molecule has 0 saturated carbocycles. The van der Waals surface area contributed by atoms with Crippen molar-refractivity contribution in [2.75, 3.05) is 6.61 Å². The molecule has 0 atom stereocenters. The van der Waals surface area contributed by atoms with Gasteiger partial charge in [0.25, 0.3) is 0 Å². The van der Waals surface area contributed by atoms with Crippen molar-refractivity contribution in [2.45, 2.75) is 27.2 Å². The van der Waals surface area contributed by atoms with Crippen LogP contribution < -0.4 is 0 Å². The molecule has 2 aromatic rings. The fourth-order valence-corrected chi connectivity index (χ4v) is 3.75. The largest absolute Gasteiger partial charge is 0.462 e. The molecule has 0 aromatic carbocycles. The number of carbonyl (C=O) groups excluding carboxylic acids is 1. The third-order valence-corrected chi connectivity index (χ3v) is 4.74. The monoisotopic (exact) mass is 295 g/mol. The first-order chi connectivity index (χ1) is 9.10. The minimum absolute atomic E-state index is 0.245. The molecule has 3 nitrogen and oxygen atoms in total. The molecule has 2 rings (SSSR count). The lowest BCUT2D eigenvalue weighted by Crippen LogP contribution is -2.01. The van der Waals surface area contributed by atoms with Gasteiger partial charge in [-0.15, -0.1) is 22.7 Å². The molecular weight excluding hydrogens is 278 g/mol. The summed E-state index contributed by atoms with van der Waals surface area (Å²) in [6.07, 6.45) is 2.89. The number of thiazole rings is 1. The fraction of sp³-hybridized carbons (Fsp3) is 0.429. The Kier molecular flexibility index (Phi) is 4.71. The standard InChI is InChI=1S/C14H17NO2S2/c1-4-17-14(16)11-6-5-10(18-11)12-8-15-13(19-12)7-9(2)3/h5-6,8-9H,4,7H2,1-3H3. The second-order valence-corrected chi connectivity index (χ2v) is 6.80. The number of thiophene rings is 1. The highest BCUT2D eigenvalue weighted by molar-refractivity contribution is 7.22. The lowest BCUT2D eigenvalue weighted by Gasteiger charge is -1.98. The Morgan fingerprint density at radius 3 is 2.79 bits per heavy atom. The Morgan fingerprint density at radius 2 is 2.11 bits per heavy atom. The molecule has 19 heavy (non-hydrogen) atoms. The van der Waals surface area contributed by atoms with Crippen molar-refractivity contribution in [3.8, 4) is 9.75 Å². The average Bonchev–Trinajstić information content (AvgIpc) is 2.96. The van der Waals surface area contributed by atoms with E-state index < -0.39 is 0 Å². The molecule has 0 aliphatic heterocycles. The maximum atomic E-state index is 11.6. The van der Waals surface area contributed by atoms with E-state index in [-0.39, 0.29) is 5.97 Å². The van der Waals surface area contributed by atoms with Crippen LogP contribution in [0.5, 0.6) is 0 Å². The Morgan fingerprint density at radius 1 is 1.32 bits per heavy atom. The van der Waals surface area contributed by atoms with Gasteiger partial charge in [0.15, 0.2) is 0 Å². The van der Waals surface area contributed by atoms with E-state index in [0.717, 1.165) is 21.2 Å². The van der Waals surface area contributed by atoms with Gasteiger partial charge in [-0.05, 0) is 25.0 Å². The zero-order valence-electron chi connectivity index (χ0n) is 11.3. The van der Waals surface area contributed by atoms with Crippen molar-refractivity contribution < 1.29 is 9.53 Å². The molecule has 0 radical (unpaired) electrons. The molecular formula is C14H17NO2S2. The molecule has 0 spiro atoms. The van der Waals surface area contributed by atoms with Gasteiger partial charge < -0.3 is 4.74 Å². The first-order valence-corrected chi connectivity index (χ1v) is 7.95. The molecule has 0 N–H and O–H groups in total. The second kappa shape index (κ2) is 6.30. The van der Waals surface area contributed by atoms with Crippen molar-refractivity contribution in [1.82, 2.24) is 4.98 Å². The van der Waals surface area contributed by atoms with Crippen molar-refractivity contribution in [3.63, 3.8) is 0 Å². The van der Waals surface area contributed by atoms with E-state index in [4.69, 9.17) is 4.74 Å². The van der Waals surface area contributed by atoms with Crippen LogP contribution >= 0.6 is 22.7 Å². The Bertz CT molecular complexity index is 557.